The van der Waals surface area contributed by atoms with Crippen molar-refractivity contribution in [2.24, 2.45) is 5.92 Å². The van der Waals surface area contributed by atoms with Crippen LogP contribution in [0, 0.1) is 5.92 Å². The first-order chi connectivity index (χ1) is 18.2. The summed E-state index contributed by atoms with van der Waals surface area (Å²) in [5.41, 5.74) is 2.45. The number of carbonyl (C=O) groups is 2. The molecule has 2 amide bonds. The molecule has 0 bridgehead atoms. The van der Waals surface area contributed by atoms with E-state index in [1.165, 1.54) is 16.4 Å². The van der Waals surface area contributed by atoms with Crippen LogP contribution < -0.4 is 20.3 Å². The number of rotatable bonds is 8. The van der Waals surface area contributed by atoms with E-state index in [0.717, 1.165) is 11.4 Å². The largest absolute Gasteiger partial charge is 0.495 e. The molecule has 10 heteroatoms. The molecule has 1 aliphatic heterocycles. The Morgan fingerprint density at radius 1 is 0.816 bits per heavy atom. The predicted octanol–water partition coefficient (Wildman–Crippen LogP) is 4.05. The molecule has 4 rings (SSSR count). The Hall–Kier alpha value is -3.89. The number of hydrogen-bond acceptors (Lipinski definition) is 6. The monoisotopic (exact) mass is 536 g/mol. The van der Waals surface area contributed by atoms with Crippen LogP contribution in [0.15, 0.2) is 77.7 Å². The summed E-state index contributed by atoms with van der Waals surface area (Å²) in [5, 5.41) is 5.56. The van der Waals surface area contributed by atoms with Crippen molar-refractivity contribution < 1.29 is 22.7 Å². The number of sulfonamides is 1. The fraction of sp³-hybridized carbons (Fsp3) is 0.286. The molecule has 3 aromatic carbocycles. The number of methoxy groups -OCH3 is 1. The Labute approximate surface area is 223 Å². The summed E-state index contributed by atoms with van der Waals surface area (Å²) < 4.78 is 33.4. The van der Waals surface area contributed by atoms with Gasteiger partial charge in [-0.25, -0.2) is 8.42 Å². The first-order valence-corrected chi connectivity index (χ1v) is 13.8. The second kappa shape index (κ2) is 11.7. The van der Waals surface area contributed by atoms with E-state index < -0.39 is 10.0 Å². The van der Waals surface area contributed by atoms with Crippen LogP contribution >= 0.6 is 0 Å². The van der Waals surface area contributed by atoms with Gasteiger partial charge in [-0.15, -0.1) is 0 Å². The lowest BCUT2D eigenvalue weighted by atomic mass is 10.1. The van der Waals surface area contributed by atoms with Gasteiger partial charge in [0.1, 0.15) is 5.75 Å². The summed E-state index contributed by atoms with van der Waals surface area (Å²) in [4.78, 5) is 26.8. The quantitative estimate of drug-likeness (QED) is 0.450. The molecule has 1 saturated heterocycles. The summed E-state index contributed by atoms with van der Waals surface area (Å²) in [6.07, 6.45) is 0. The molecule has 0 spiro atoms. The fourth-order valence-electron chi connectivity index (χ4n) is 4.11. The normalized spacial score (nSPS) is 14.3. The van der Waals surface area contributed by atoms with Gasteiger partial charge in [-0.3, -0.25) is 9.59 Å². The summed E-state index contributed by atoms with van der Waals surface area (Å²) in [7, 11) is -2.05. The molecule has 1 heterocycles. The number of hydrogen-bond donors (Lipinski definition) is 2. The van der Waals surface area contributed by atoms with Crippen molar-refractivity contribution >= 4 is 38.9 Å². The Morgan fingerprint density at radius 3 is 2.00 bits per heavy atom. The van der Waals surface area contributed by atoms with E-state index in [-0.39, 0.29) is 22.6 Å². The maximum atomic E-state index is 13.2. The minimum Gasteiger partial charge on any atom is -0.495 e. The van der Waals surface area contributed by atoms with Crippen molar-refractivity contribution in [3.63, 3.8) is 0 Å². The number of amides is 2. The van der Waals surface area contributed by atoms with Crippen molar-refractivity contribution in [3.05, 3.63) is 78.4 Å². The molecule has 1 fully saturated rings. The number of nitrogens with one attached hydrogen (secondary N) is 2. The molecule has 200 valence electrons. The van der Waals surface area contributed by atoms with Crippen molar-refractivity contribution in [1.82, 2.24) is 4.31 Å². The summed E-state index contributed by atoms with van der Waals surface area (Å²) in [6, 6.07) is 20.4. The van der Waals surface area contributed by atoms with E-state index >= 15 is 0 Å². The molecule has 0 unspecified atom stereocenters. The number of piperazine rings is 1. The predicted molar refractivity (Wildman–Crippen MR) is 148 cm³/mol. The van der Waals surface area contributed by atoms with Crippen molar-refractivity contribution in [1.29, 1.82) is 0 Å². The van der Waals surface area contributed by atoms with Crippen molar-refractivity contribution in [3.8, 4) is 5.75 Å². The number of ether oxygens (including phenoxy) is 1. The Kier molecular flexibility index (Phi) is 8.33. The van der Waals surface area contributed by atoms with E-state index in [1.54, 1.807) is 57.4 Å². The number of carbonyl (C=O) groups excluding carboxylic acids is 2. The van der Waals surface area contributed by atoms with Gasteiger partial charge in [0.05, 0.1) is 17.7 Å². The standard InChI is InChI=1S/C28H32N4O5S/c1-20(2)27(33)29-22-10-8-21(9-11-22)28(34)30-23-12-14-24(15-13-23)38(35,36)32-18-16-31(17-19-32)25-6-4-5-7-26(25)37-3/h4-15,20H,16-19H2,1-3H3,(H,29,33)(H,30,34). The zero-order valence-corrected chi connectivity index (χ0v) is 22.5. The number of benzene rings is 3. The zero-order chi connectivity index (χ0) is 27.3. The van der Waals surface area contributed by atoms with Gasteiger partial charge in [-0.2, -0.15) is 4.31 Å². The maximum absolute atomic E-state index is 13.2. The van der Waals surface area contributed by atoms with E-state index in [9.17, 15) is 18.0 Å². The molecule has 3 aromatic rings. The highest BCUT2D eigenvalue weighted by atomic mass is 32.2. The third-order valence-electron chi connectivity index (χ3n) is 6.35. The smallest absolute Gasteiger partial charge is 0.255 e. The average molecular weight is 537 g/mol. The zero-order valence-electron chi connectivity index (χ0n) is 21.7. The Balaban J connectivity index is 1.36. The van der Waals surface area contributed by atoms with Gasteiger partial charge in [0.15, 0.2) is 0 Å². The number of nitrogens with zero attached hydrogens (tertiary/aromatic N) is 2. The molecule has 0 atom stereocenters. The van der Waals surface area contributed by atoms with Gasteiger partial charge in [-0.05, 0) is 60.7 Å². The summed E-state index contributed by atoms with van der Waals surface area (Å²) in [5.74, 6) is 0.174. The van der Waals surface area contributed by atoms with Crippen LogP contribution in [0.25, 0.3) is 0 Å². The van der Waals surface area contributed by atoms with E-state index in [2.05, 4.69) is 15.5 Å². The second-order valence-corrected chi connectivity index (χ2v) is 11.2. The minimum atomic E-state index is -3.67. The Morgan fingerprint density at radius 2 is 1.39 bits per heavy atom. The van der Waals surface area contributed by atoms with Gasteiger partial charge in [0.2, 0.25) is 15.9 Å². The lowest BCUT2D eigenvalue weighted by Crippen LogP contribution is -2.48. The molecule has 1 aliphatic rings. The van der Waals surface area contributed by atoms with E-state index in [0.29, 0.717) is 43.1 Å². The van der Waals surface area contributed by atoms with Crippen molar-refractivity contribution in [2.45, 2.75) is 18.7 Å². The Bertz CT molecular complexity index is 1380. The molecule has 9 nitrogen and oxygen atoms in total. The van der Waals surface area contributed by atoms with Crippen LogP contribution in [0.4, 0.5) is 17.1 Å². The SMILES string of the molecule is COc1ccccc1N1CCN(S(=O)(=O)c2ccc(NC(=O)c3ccc(NC(=O)C(C)C)cc3)cc2)CC1. The first-order valence-electron chi connectivity index (χ1n) is 12.4. The molecule has 0 aromatic heterocycles. The second-order valence-electron chi connectivity index (χ2n) is 9.26. The highest BCUT2D eigenvalue weighted by Gasteiger charge is 2.29. The average Bonchev–Trinajstić information content (AvgIpc) is 2.93. The fourth-order valence-corrected chi connectivity index (χ4v) is 5.54. The minimum absolute atomic E-state index is 0.101. The summed E-state index contributed by atoms with van der Waals surface area (Å²) in [6.45, 7) is 5.41. The van der Waals surface area contributed by atoms with Crippen LogP contribution in [0.5, 0.6) is 5.75 Å². The van der Waals surface area contributed by atoms with Gasteiger partial charge in [-0.1, -0.05) is 26.0 Å². The van der Waals surface area contributed by atoms with Crippen LogP contribution in [0.2, 0.25) is 0 Å². The molecule has 0 radical (unpaired) electrons. The van der Waals surface area contributed by atoms with Crippen molar-refractivity contribution in [2.75, 3.05) is 48.8 Å². The molecular formula is C28H32N4O5S. The molecular weight excluding hydrogens is 504 g/mol. The molecule has 2 N–H and O–H groups in total. The highest BCUT2D eigenvalue weighted by Crippen LogP contribution is 2.29. The highest BCUT2D eigenvalue weighted by molar-refractivity contribution is 7.89. The van der Waals surface area contributed by atoms with Gasteiger partial charge in [0, 0.05) is 49.0 Å². The van der Waals surface area contributed by atoms with Crippen LogP contribution in [-0.2, 0) is 14.8 Å². The third kappa shape index (κ3) is 6.15. The van der Waals surface area contributed by atoms with Crippen LogP contribution in [0.1, 0.15) is 24.2 Å². The van der Waals surface area contributed by atoms with Gasteiger partial charge < -0.3 is 20.3 Å². The van der Waals surface area contributed by atoms with Gasteiger partial charge >= 0.3 is 0 Å². The molecule has 0 saturated carbocycles. The molecule has 38 heavy (non-hydrogen) atoms. The van der Waals surface area contributed by atoms with Crippen LogP contribution in [0.3, 0.4) is 0 Å². The topological polar surface area (TPSA) is 108 Å². The third-order valence-corrected chi connectivity index (χ3v) is 8.27. The number of para-hydroxylation sites is 2. The van der Waals surface area contributed by atoms with E-state index in [1.807, 2.05) is 24.3 Å². The maximum Gasteiger partial charge on any atom is 0.255 e. The summed E-state index contributed by atoms with van der Waals surface area (Å²) >= 11 is 0. The number of anilines is 3. The van der Waals surface area contributed by atoms with Crippen LogP contribution in [-0.4, -0.2) is 57.8 Å². The lowest BCUT2D eigenvalue weighted by Gasteiger charge is -2.35. The lowest BCUT2D eigenvalue weighted by molar-refractivity contribution is -0.118. The van der Waals surface area contributed by atoms with E-state index in [4.69, 9.17) is 4.74 Å². The first kappa shape index (κ1) is 27.2. The van der Waals surface area contributed by atoms with Gasteiger partial charge in [0.25, 0.3) is 5.91 Å². The molecule has 0 aliphatic carbocycles.